The Morgan fingerprint density at radius 1 is 0.323 bits per heavy atom. The van der Waals surface area contributed by atoms with E-state index in [1.807, 2.05) is 72.8 Å². The normalized spacial score (nSPS) is 11.4. The van der Waals surface area contributed by atoms with Crippen LogP contribution in [-0.4, -0.2) is 0 Å². The van der Waals surface area contributed by atoms with Gasteiger partial charge in [-0.05, 0) is 97.9 Å². The Balaban J connectivity index is 0.00000120. The van der Waals surface area contributed by atoms with Crippen molar-refractivity contribution in [1.82, 2.24) is 0 Å². The summed E-state index contributed by atoms with van der Waals surface area (Å²) in [6.07, 6.45) is 27.7. The molecule has 0 aliphatic heterocycles. The van der Waals surface area contributed by atoms with Crippen LogP contribution < -0.4 is 19.6 Å². The van der Waals surface area contributed by atoms with E-state index in [1.54, 1.807) is 0 Å². The van der Waals surface area contributed by atoms with Gasteiger partial charge in [0.05, 0.1) is 0 Å². The van der Waals surface area contributed by atoms with Crippen molar-refractivity contribution in [2.75, 3.05) is 0 Å². The van der Waals surface area contributed by atoms with Crippen molar-refractivity contribution < 1.29 is 78.0 Å². The first kappa shape index (κ1) is 65.9. The SMILES string of the molecule is CCCCCCCc1ccccc1S(c1ccccc1CCCCCCC)=P([O-])([O-])[S-].CCCCCCCc1ccccc1S(c1ccccc1CCCCCCC)=P([O-])([O-])[S-].[Zn+2].[Zn+2].[Zn+2]. The summed E-state index contributed by atoms with van der Waals surface area (Å²) in [5, 5.41) is 0. The van der Waals surface area contributed by atoms with Gasteiger partial charge in [-0.3, -0.25) is 0 Å². The Morgan fingerprint density at radius 3 is 0.692 bits per heavy atom. The van der Waals surface area contributed by atoms with Crippen molar-refractivity contribution in [3.8, 4) is 0 Å². The predicted molar refractivity (Wildman–Crippen MR) is 272 cm³/mol. The number of rotatable bonds is 28. The molecular formula is C52H76O4P2S4Zn3. The van der Waals surface area contributed by atoms with Crippen molar-refractivity contribution in [3.05, 3.63) is 119 Å². The Bertz CT molecular complexity index is 1710. The van der Waals surface area contributed by atoms with Crippen LogP contribution in [0, 0.1) is 0 Å². The monoisotopic (exact) mass is 1150 g/mol. The summed E-state index contributed by atoms with van der Waals surface area (Å²) in [4.78, 5) is 55.3. The minimum absolute atomic E-state index is 0. The van der Waals surface area contributed by atoms with Crippen molar-refractivity contribution >= 4 is 56.0 Å². The molecule has 4 aromatic rings. The molecule has 65 heavy (non-hydrogen) atoms. The van der Waals surface area contributed by atoms with Gasteiger partial charge in [0.25, 0.3) is 0 Å². The Hall–Kier alpha value is 0.850. The van der Waals surface area contributed by atoms with Crippen LogP contribution >= 0.6 is 11.4 Å². The van der Waals surface area contributed by atoms with Gasteiger partial charge in [0, 0.05) is 19.6 Å². The average Bonchev–Trinajstić information content (AvgIpc) is 3.25. The molecular weight excluding hydrogens is 1070 g/mol. The molecule has 0 fully saturated rings. The third kappa shape index (κ3) is 25.2. The average molecular weight is 1150 g/mol. The van der Waals surface area contributed by atoms with Gasteiger partial charge >= 0.3 is 58.4 Å². The van der Waals surface area contributed by atoms with Crippen molar-refractivity contribution in [2.45, 2.75) is 201 Å². The Labute approximate surface area is 450 Å². The van der Waals surface area contributed by atoms with Crippen LogP contribution in [0.15, 0.2) is 117 Å². The Kier molecular flexibility index (Phi) is 39.0. The summed E-state index contributed by atoms with van der Waals surface area (Å²) in [5.41, 5.74) is -3.46. The van der Waals surface area contributed by atoms with Gasteiger partial charge in [0.15, 0.2) is 0 Å². The first-order valence-corrected chi connectivity index (χ1v) is 32.8. The van der Waals surface area contributed by atoms with Gasteiger partial charge in [-0.2, -0.15) is 20.1 Å². The molecule has 0 radical (unpaired) electrons. The smallest absolute Gasteiger partial charge is 0.853 e. The maximum Gasteiger partial charge on any atom is 2.00 e. The van der Waals surface area contributed by atoms with Crippen molar-refractivity contribution in [3.63, 3.8) is 0 Å². The zero-order valence-electron chi connectivity index (χ0n) is 40.5. The van der Waals surface area contributed by atoms with Gasteiger partial charge < -0.3 is 55.5 Å². The van der Waals surface area contributed by atoms with Crippen LogP contribution in [-0.2, 0) is 129 Å². The zero-order valence-corrected chi connectivity index (χ0v) is 54.4. The quantitative estimate of drug-likeness (QED) is 0.0243. The van der Waals surface area contributed by atoms with Gasteiger partial charge in [0.1, 0.15) is 0 Å². The van der Waals surface area contributed by atoms with Crippen LogP contribution in [0.4, 0.5) is 0 Å². The predicted octanol–water partition coefficient (Wildman–Crippen LogP) is 13.4. The van der Waals surface area contributed by atoms with E-state index in [0.29, 0.717) is 0 Å². The molecule has 0 heterocycles. The topological polar surface area (TPSA) is 92.2 Å². The van der Waals surface area contributed by atoms with Gasteiger partial charge in [-0.1, -0.05) is 203 Å². The minimum atomic E-state index is -4.01. The van der Waals surface area contributed by atoms with E-state index in [-0.39, 0.29) is 58.4 Å². The summed E-state index contributed by atoms with van der Waals surface area (Å²) >= 11 is 10.3. The molecule has 4 rings (SSSR count). The van der Waals surface area contributed by atoms with E-state index in [4.69, 9.17) is 24.5 Å². The molecule has 0 aromatic heterocycles. The van der Waals surface area contributed by atoms with E-state index in [9.17, 15) is 19.6 Å². The standard InChI is InChI=1S/2C26H38O2PS2.3Zn/c2*1-3-5-7-9-11-17-23-19-13-15-21-25(23)31(29(27,28)30)26-22-16-14-20-24(26)18-12-10-8-6-4-2;;;/h2*13-16,19-22H,3-12,17-18H2,1-2H3;;;/q2*-3;3*+2. The molecule has 0 atom stereocenters. The summed E-state index contributed by atoms with van der Waals surface area (Å²) in [7, 11) is -2.19. The van der Waals surface area contributed by atoms with Crippen molar-refractivity contribution in [1.29, 1.82) is 0 Å². The number of unbranched alkanes of at least 4 members (excludes halogenated alkanes) is 16. The number of benzene rings is 4. The van der Waals surface area contributed by atoms with E-state index in [1.165, 1.54) is 103 Å². The molecule has 4 nitrogen and oxygen atoms in total. The molecule has 0 unspecified atom stereocenters. The summed E-state index contributed by atoms with van der Waals surface area (Å²) < 4.78 is 0. The van der Waals surface area contributed by atoms with Crippen LogP contribution in [0.5, 0.6) is 0 Å². The summed E-state index contributed by atoms with van der Waals surface area (Å²) in [6, 6.07) is 32.2. The second-order valence-corrected chi connectivity index (χ2v) is 30.6. The van der Waals surface area contributed by atoms with Crippen LogP contribution in [0.1, 0.15) is 178 Å². The minimum Gasteiger partial charge on any atom is -0.853 e. The van der Waals surface area contributed by atoms with E-state index in [2.05, 4.69) is 52.0 Å². The zero-order chi connectivity index (χ0) is 45.1. The fraction of sp³-hybridized carbons (Fsp3) is 0.538. The Morgan fingerprint density at radius 2 is 0.508 bits per heavy atom. The van der Waals surface area contributed by atoms with Crippen LogP contribution in [0.3, 0.4) is 0 Å². The maximum absolute atomic E-state index is 12.9. The molecule has 348 valence electrons. The first-order chi connectivity index (χ1) is 30.0. The summed E-state index contributed by atoms with van der Waals surface area (Å²) in [5.74, 6) is 0. The number of hydrogen-bond donors (Lipinski definition) is 0. The molecule has 0 aliphatic rings. The molecule has 0 amide bonds. The molecule has 4 aromatic carbocycles. The molecule has 0 saturated heterocycles. The molecule has 0 N–H and O–H groups in total. The summed E-state index contributed by atoms with van der Waals surface area (Å²) in [6.45, 7) is 8.88. The second kappa shape index (κ2) is 38.5. The fourth-order valence-corrected chi connectivity index (χ4v) is 19.9. The van der Waals surface area contributed by atoms with E-state index >= 15 is 0 Å². The molecule has 0 saturated carbocycles. The molecule has 0 bridgehead atoms. The van der Waals surface area contributed by atoms with Gasteiger partial charge in [-0.15, -0.1) is 0 Å². The number of aryl methyl sites for hydroxylation is 4. The molecule has 0 spiro atoms. The third-order valence-electron chi connectivity index (χ3n) is 11.4. The molecule has 0 aliphatic carbocycles. The molecule has 13 heteroatoms. The van der Waals surface area contributed by atoms with Gasteiger partial charge in [-0.25, -0.2) is 0 Å². The van der Waals surface area contributed by atoms with Crippen molar-refractivity contribution in [2.24, 2.45) is 0 Å². The van der Waals surface area contributed by atoms with E-state index < -0.39 is 31.5 Å². The number of hydrogen-bond acceptors (Lipinski definition) is 6. The first-order valence-electron chi connectivity index (χ1n) is 23.8. The van der Waals surface area contributed by atoms with Crippen LogP contribution in [0.25, 0.3) is 0 Å². The largest absolute Gasteiger partial charge is 2.00 e. The van der Waals surface area contributed by atoms with Gasteiger partial charge in [0.2, 0.25) is 0 Å². The maximum atomic E-state index is 12.9. The third-order valence-corrected chi connectivity index (χ3v) is 23.3. The van der Waals surface area contributed by atoms with E-state index in [0.717, 1.165) is 93.2 Å². The fourth-order valence-electron chi connectivity index (χ4n) is 7.99. The second-order valence-electron chi connectivity index (χ2n) is 16.6. The van der Waals surface area contributed by atoms with Crippen LogP contribution in [0.2, 0.25) is 0 Å².